The third kappa shape index (κ3) is 3.15. The molecule has 0 aliphatic heterocycles. The molecule has 0 saturated carbocycles. The summed E-state index contributed by atoms with van der Waals surface area (Å²) >= 11 is 0. The molecule has 0 bridgehead atoms. The zero-order valence-corrected chi connectivity index (χ0v) is 12.8. The van der Waals surface area contributed by atoms with Crippen molar-refractivity contribution in [2.75, 3.05) is 0 Å². The number of hydrogen-bond donors (Lipinski definition) is 2. The van der Waals surface area contributed by atoms with Gasteiger partial charge < -0.3 is 14.9 Å². The maximum atomic E-state index is 12.4. The van der Waals surface area contributed by atoms with Crippen LogP contribution in [0.15, 0.2) is 4.52 Å². The molecule has 1 amide bonds. The van der Waals surface area contributed by atoms with Crippen LogP contribution in [0.5, 0.6) is 0 Å². The molecule has 1 aromatic heterocycles. The SMILES string of the molecule is Cc1noc(C(C)C)c1C(=O)NC(C)(C)C(C)(C)O. The molecule has 0 aliphatic carbocycles. The summed E-state index contributed by atoms with van der Waals surface area (Å²) in [5.74, 6) is 0.378. The second-order valence-electron chi connectivity index (χ2n) is 6.30. The number of amides is 1. The molecule has 0 aliphatic rings. The standard InChI is InChI=1S/C14H24N2O3/c1-8(2)11-10(9(3)16-19-11)12(17)15-13(4,5)14(6,7)18/h8,18H,1-7H3,(H,15,17). The molecule has 19 heavy (non-hydrogen) atoms. The topological polar surface area (TPSA) is 75.4 Å². The predicted octanol–water partition coefficient (Wildman–Crippen LogP) is 2.39. The molecule has 1 heterocycles. The van der Waals surface area contributed by atoms with E-state index in [1.54, 1.807) is 34.6 Å². The zero-order valence-electron chi connectivity index (χ0n) is 12.8. The van der Waals surface area contributed by atoms with Crippen molar-refractivity contribution in [3.05, 3.63) is 17.0 Å². The first kappa shape index (κ1) is 15.7. The summed E-state index contributed by atoms with van der Waals surface area (Å²) < 4.78 is 5.20. The van der Waals surface area contributed by atoms with E-state index in [0.717, 1.165) is 0 Å². The molecular weight excluding hydrogens is 244 g/mol. The van der Waals surface area contributed by atoms with Gasteiger partial charge in [0.1, 0.15) is 5.56 Å². The number of aromatic nitrogens is 1. The van der Waals surface area contributed by atoms with Crippen LogP contribution in [-0.4, -0.2) is 27.3 Å². The van der Waals surface area contributed by atoms with E-state index < -0.39 is 11.1 Å². The van der Waals surface area contributed by atoms with E-state index in [-0.39, 0.29) is 11.8 Å². The summed E-state index contributed by atoms with van der Waals surface area (Å²) in [6.45, 7) is 12.5. The fraction of sp³-hybridized carbons (Fsp3) is 0.714. The van der Waals surface area contributed by atoms with Gasteiger partial charge in [-0.15, -0.1) is 0 Å². The van der Waals surface area contributed by atoms with Gasteiger partial charge >= 0.3 is 0 Å². The lowest BCUT2D eigenvalue weighted by molar-refractivity contribution is -0.00298. The van der Waals surface area contributed by atoms with Crippen molar-refractivity contribution in [3.8, 4) is 0 Å². The Morgan fingerprint density at radius 3 is 2.26 bits per heavy atom. The van der Waals surface area contributed by atoms with Gasteiger partial charge in [0.15, 0.2) is 5.76 Å². The monoisotopic (exact) mass is 268 g/mol. The fourth-order valence-corrected chi connectivity index (χ4v) is 1.56. The minimum atomic E-state index is -1.04. The quantitative estimate of drug-likeness (QED) is 0.879. The van der Waals surface area contributed by atoms with Crippen LogP contribution in [-0.2, 0) is 0 Å². The molecule has 0 fully saturated rings. The zero-order chi connectivity index (χ0) is 15.0. The first-order valence-corrected chi connectivity index (χ1v) is 6.48. The van der Waals surface area contributed by atoms with Crippen molar-refractivity contribution in [1.29, 1.82) is 0 Å². The molecule has 0 spiro atoms. The van der Waals surface area contributed by atoms with Crippen LogP contribution >= 0.6 is 0 Å². The first-order chi connectivity index (χ1) is 8.47. The second kappa shape index (κ2) is 4.96. The van der Waals surface area contributed by atoms with E-state index in [4.69, 9.17) is 4.52 Å². The number of nitrogens with one attached hydrogen (secondary N) is 1. The highest BCUT2D eigenvalue weighted by Crippen LogP contribution is 2.25. The number of aliphatic hydroxyl groups is 1. The Morgan fingerprint density at radius 2 is 1.84 bits per heavy atom. The van der Waals surface area contributed by atoms with E-state index in [9.17, 15) is 9.90 Å². The van der Waals surface area contributed by atoms with Gasteiger partial charge in [-0.25, -0.2) is 0 Å². The predicted molar refractivity (Wildman–Crippen MR) is 73.2 cm³/mol. The van der Waals surface area contributed by atoms with Gasteiger partial charge in [-0.3, -0.25) is 4.79 Å². The summed E-state index contributed by atoms with van der Waals surface area (Å²) in [4.78, 5) is 12.4. The van der Waals surface area contributed by atoms with Gasteiger partial charge in [0, 0.05) is 5.92 Å². The molecular formula is C14H24N2O3. The largest absolute Gasteiger partial charge is 0.388 e. The highest BCUT2D eigenvalue weighted by atomic mass is 16.5. The molecule has 108 valence electrons. The van der Waals surface area contributed by atoms with Crippen molar-refractivity contribution < 1.29 is 14.4 Å². The Labute approximate surface area is 114 Å². The van der Waals surface area contributed by atoms with Crippen molar-refractivity contribution in [1.82, 2.24) is 10.5 Å². The van der Waals surface area contributed by atoms with Gasteiger partial charge in [0.05, 0.1) is 16.8 Å². The van der Waals surface area contributed by atoms with E-state index in [1.807, 2.05) is 13.8 Å². The Hall–Kier alpha value is -1.36. The minimum Gasteiger partial charge on any atom is -0.388 e. The van der Waals surface area contributed by atoms with Crippen molar-refractivity contribution in [3.63, 3.8) is 0 Å². The van der Waals surface area contributed by atoms with Crippen molar-refractivity contribution in [2.45, 2.75) is 65.5 Å². The first-order valence-electron chi connectivity index (χ1n) is 6.48. The van der Waals surface area contributed by atoms with E-state index in [0.29, 0.717) is 17.0 Å². The Kier molecular flexibility index (Phi) is 4.10. The van der Waals surface area contributed by atoms with Crippen molar-refractivity contribution in [2.24, 2.45) is 0 Å². The lowest BCUT2D eigenvalue weighted by Gasteiger charge is -2.38. The third-order valence-electron chi connectivity index (χ3n) is 3.60. The summed E-state index contributed by atoms with van der Waals surface area (Å²) in [7, 11) is 0. The minimum absolute atomic E-state index is 0.0761. The molecule has 0 atom stereocenters. The number of rotatable bonds is 4. The Bertz CT molecular complexity index is 468. The molecule has 5 heteroatoms. The van der Waals surface area contributed by atoms with E-state index >= 15 is 0 Å². The van der Waals surface area contributed by atoms with Crippen LogP contribution in [0.25, 0.3) is 0 Å². The number of carbonyl (C=O) groups excluding carboxylic acids is 1. The van der Waals surface area contributed by atoms with Crippen molar-refractivity contribution >= 4 is 5.91 Å². The van der Waals surface area contributed by atoms with Gasteiger partial charge in [0.25, 0.3) is 5.91 Å². The molecule has 0 saturated heterocycles. The van der Waals surface area contributed by atoms with Gasteiger partial charge in [-0.2, -0.15) is 0 Å². The summed E-state index contributed by atoms with van der Waals surface area (Å²) in [6.07, 6.45) is 0. The van der Waals surface area contributed by atoms with Crippen LogP contribution in [0.2, 0.25) is 0 Å². The molecule has 0 aromatic carbocycles. The van der Waals surface area contributed by atoms with Gasteiger partial charge in [0.2, 0.25) is 0 Å². The molecule has 2 N–H and O–H groups in total. The maximum absolute atomic E-state index is 12.4. The van der Waals surface area contributed by atoms with E-state index in [2.05, 4.69) is 10.5 Å². The molecule has 1 rings (SSSR count). The summed E-state index contributed by atoms with van der Waals surface area (Å²) in [5.41, 5.74) is -0.770. The lowest BCUT2D eigenvalue weighted by Crippen LogP contribution is -2.57. The molecule has 1 aromatic rings. The number of carbonyl (C=O) groups is 1. The Morgan fingerprint density at radius 1 is 1.32 bits per heavy atom. The van der Waals surface area contributed by atoms with Crippen LogP contribution in [0, 0.1) is 6.92 Å². The fourth-order valence-electron chi connectivity index (χ4n) is 1.56. The summed E-state index contributed by atoms with van der Waals surface area (Å²) in [5, 5.41) is 16.8. The summed E-state index contributed by atoms with van der Waals surface area (Å²) in [6, 6.07) is 0. The number of aryl methyl sites for hydroxylation is 1. The van der Waals surface area contributed by atoms with Gasteiger partial charge in [-0.05, 0) is 34.6 Å². The smallest absolute Gasteiger partial charge is 0.257 e. The highest BCUT2D eigenvalue weighted by molar-refractivity contribution is 5.96. The molecule has 0 unspecified atom stereocenters. The average Bonchev–Trinajstić information content (AvgIpc) is 2.57. The van der Waals surface area contributed by atoms with Crippen LogP contribution < -0.4 is 5.32 Å². The molecule has 5 nitrogen and oxygen atoms in total. The van der Waals surface area contributed by atoms with Crippen LogP contribution in [0.1, 0.15) is 69.3 Å². The van der Waals surface area contributed by atoms with Gasteiger partial charge in [-0.1, -0.05) is 19.0 Å². The van der Waals surface area contributed by atoms with Crippen LogP contribution in [0.4, 0.5) is 0 Å². The van der Waals surface area contributed by atoms with E-state index in [1.165, 1.54) is 0 Å². The maximum Gasteiger partial charge on any atom is 0.257 e. The second-order valence-corrected chi connectivity index (χ2v) is 6.30. The lowest BCUT2D eigenvalue weighted by atomic mass is 9.85. The normalized spacial score (nSPS) is 12.9. The number of nitrogens with zero attached hydrogens (tertiary/aromatic N) is 1. The average molecular weight is 268 g/mol. The number of hydrogen-bond acceptors (Lipinski definition) is 4. The third-order valence-corrected chi connectivity index (χ3v) is 3.60. The molecule has 0 radical (unpaired) electrons. The Balaban J connectivity index is 3.06. The van der Waals surface area contributed by atoms with Crippen LogP contribution in [0.3, 0.4) is 0 Å². The highest BCUT2D eigenvalue weighted by Gasteiger charge is 2.37.